The van der Waals surface area contributed by atoms with Crippen LogP contribution in [-0.4, -0.2) is 69.9 Å². The Kier molecular flexibility index (Phi) is 12.8. The predicted molar refractivity (Wildman–Crippen MR) is 161 cm³/mol. The van der Waals surface area contributed by atoms with Crippen molar-refractivity contribution in [1.29, 1.82) is 0 Å². The summed E-state index contributed by atoms with van der Waals surface area (Å²) in [7, 11) is 0. The SMILES string of the molecule is CC1=NC(c2ccc(C)c(C)c2)C(=O)/C1=N\Nc1cccc(-c2cccc(C(=O)O)c2)c1O.NCCO.NCCO. The van der Waals surface area contributed by atoms with Gasteiger partial charge in [-0.25, -0.2) is 4.79 Å². The number of aromatic carboxylic acids is 1. The molecule has 41 heavy (non-hydrogen) atoms. The number of nitrogens with two attached hydrogens (primary N) is 2. The van der Waals surface area contributed by atoms with E-state index in [2.05, 4.69) is 15.5 Å². The highest BCUT2D eigenvalue weighted by atomic mass is 16.4. The highest BCUT2D eigenvalue weighted by Gasteiger charge is 2.33. The third kappa shape index (κ3) is 8.78. The number of nitrogens with zero attached hydrogens (tertiary/aromatic N) is 2. The second-order valence-corrected chi connectivity index (χ2v) is 9.01. The maximum absolute atomic E-state index is 13.0. The third-order valence-corrected chi connectivity index (χ3v) is 6.00. The van der Waals surface area contributed by atoms with E-state index in [1.54, 1.807) is 37.3 Å². The van der Waals surface area contributed by atoms with Gasteiger partial charge in [-0.2, -0.15) is 5.10 Å². The molecule has 1 heterocycles. The van der Waals surface area contributed by atoms with Crippen LogP contribution in [0.2, 0.25) is 0 Å². The topological polar surface area (TPSA) is 204 Å². The number of hydrogen-bond acceptors (Lipinski definition) is 10. The molecule has 0 amide bonds. The molecule has 3 aromatic carbocycles. The largest absolute Gasteiger partial charge is 0.505 e. The number of benzene rings is 3. The number of Topliss-reactive ketones (excluding diaryl/α,β-unsaturated/α-hetero) is 1. The Labute approximate surface area is 238 Å². The Morgan fingerprint density at radius 3 is 2.17 bits per heavy atom. The summed E-state index contributed by atoms with van der Waals surface area (Å²) in [6.07, 6.45) is 0. The smallest absolute Gasteiger partial charge is 0.335 e. The van der Waals surface area contributed by atoms with Gasteiger partial charge in [0.25, 0.3) is 0 Å². The van der Waals surface area contributed by atoms with Gasteiger partial charge in [0, 0.05) is 18.7 Å². The van der Waals surface area contributed by atoms with Crippen LogP contribution in [0.25, 0.3) is 11.1 Å². The number of phenolic OH excluding ortho intramolecular Hbond substituents is 1. The lowest BCUT2D eigenvalue weighted by Gasteiger charge is -2.11. The summed E-state index contributed by atoms with van der Waals surface area (Å²) in [4.78, 5) is 28.8. The molecule has 3 aromatic rings. The molecule has 11 heteroatoms. The lowest BCUT2D eigenvalue weighted by Crippen LogP contribution is -2.20. The molecule has 0 aromatic heterocycles. The summed E-state index contributed by atoms with van der Waals surface area (Å²) in [6, 6.07) is 16.5. The number of hydrogen-bond donors (Lipinski definition) is 7. The van der Waals surface area contributed by atoms with E-state index in [-0.39, 0.29) is 41.7 Å². The normalized spacial score (nSPS) is 14.9. The molecule has 4 rings (SSSR count). The van der Waals surface area contributed by atoms with Crippen LogP contribution in [0.4, 0.5) is 5.69 Å². The number of aliphatic hydroxyl groups is 2. The average Bonchev–Trinajstić information content (AvgIpc) is 3.26. The average molecular weight is 564 g/mol. The number of carboxylic acids is 1. The minimum absolute atomic E-state index is 0.0972. The van der Waals surface area contributed by atoms with Gasteiger partial charge >= 0.3 is 5.97 Å². The molecule has 0 bridgehead atoms. The first-order valence-corrected chi connectivity index (χ1v) is 12.9. The second-order valence-electron chi connectivity index (χ2n) is 9.01. The van der Waals surface area contributed by atoms with E-state index in [0.29, 0.717) is 29.9 Å². The zero-order chi connectivity index (χ0) is 30.5. The molecule has 0 radical (unpaired) electrons. The molecule has 0 aliphatic carbocycles. The summed E-state index contributed by atoms with van der Waals surface area (Å²) in [5.74, 6) is -1.37. The fourth-order valence-electron chi connectivity index (χ4n) is 3.72. The van der Waals surface area contributed by atoms with Crippen LogP contribution >= 0.6 is 0 Å². The van der Waals surface area contributed by atoms with E-state index in [0.717, 1.165) is 16.7 Å². The van der Waals surface area contributed by atoms with Crippen molar-refractivity contribution in [2.75, 3.05) is 31.7 Å². The number of para-hydroxylation sites is 1. The minimum Gasteiger partial charge on any atom is -0.505 e. The fourth-order valence-corrected chi connectivity index (χ4v) is 3.72. The molecule has 1 aliphatic rings. The zero-order valence-corrected chi connectivity index (χ0v) is 23.3. The summed E-state index contributed by atoms with van der Waals surface area (Å²) >= 11 is 0. The number of aryl methyl sites for hydroxylation is 2. The number of carboxylic acid groups (broad SMARTS) is 1. The first-order valence-electron chi connectivity index (χ1n) is 12.9. The number of aliphatic imine (C=N–C) groups is 1. The first kappa shape index (κ1) is 32.8. The molecule has 0 saturated heterocycles. The van der Waals surface area contributed by atoms with Gasteiger partial charge in [-0.1, -0.05) is 42.5 Å². The van der Waals surface area contributed by atoms with Crippen LogP contribution in [0.15, 0.2) is 70.8 Å². The Balaban J connectivity index is 0.000000653. The number of carbonyl (C=O) groups is 2. The number of ketones is 1. The van der Waals surface area contributed by atoms with Crippen LogP contribution in [0.5, 0.6) is 5.75 Å². The number of phenols is 1. The van der Waals surface area contributed by atoms with Crippen molar-refractivity contribution in [1.82, 2.24) is 0 Å². The van der Waals surface area contributed by atoms with Crippen molar-refractivity contribution in [2.45, 2.75) is 26.8 Å². The van der Waals surface area contributed by atoms with Gasteiger partial charge in [0.05, 0.1) is 30.2 Å². The van der Waals surface area contributed by atoms with Crippen molar-refractivity contribution in [2.24, 2.45) is 21.6 Å². The van der Waals surface area contributed by atoms with E-state index in [1.165, 1.54) is 12.1 Å². The number of nitrogens with one attached hydrogen (secondary N) is 1. The number of hydrazone groups is 1. The predicted octanol–water partition coefficient (Wildman–Crippen LogP) is 2.80. The summed E-state index contributed by atoms with van der Waals surface area (Å²) in [5.41, 5.74) is 17.5. The standard InChI is InChI=1S/C26H23N3O4.2C2H7NO/c1-14-10-11-18(12-15(14)2)23-25(31)22(16(3)27-23)29-28-21-9-5-8-20(24(21)30)17-6-4-7-19(13-17)26(32)33;2*3-1-2-4/h4-13,23,28,30H,1-3H3,(H,32,33);2*4H,1-3H2/b29-22-;;. The molecule has 218 valence electrons. The monoisotopic (exact) mass is 563 g/mol. The van der Waals surface area contributed by atoms with E-state index in [4.69, 9.17) is 21.7 Å². The van der Waals surface area contributed by atoms with Gasteiger partial charge in [0.15, 0.2) is 0 Å². The molecular formula is C30H37N5O6. The molecular weight excluding hydrogens is 526 g/mol. The van der Waals surface area contributed by atoms with Gasteiger partial charge in [-0.3, -0.25) is 15.2 Å². The van der Waals surface area contributed by atoms with E-state index < -0.39 is 12.0 Å². The lowest BCUT2D eigenvalue weighted by molar-refractivity contribution is -0.113. The fraction of sp³-hybridized carbons (Fsp3) is 0.267. The number of carbonyl (C=O) groups excluding carboxylic acids is 1. The van der Waals surface area contributed by atoms with Gasteiger partial charge in [0.2, 0.25) is 5.78 Å². The summed E-state index contributed by atoms with van der Waals surface area (Å²) < 4.78 is 0. The van der Waals surface area contributed by atoms with Gasteiger partial charge in [-0.05, 0) is 61.2 Å². The quantitative estimate of drug-likeness (QED) is 0.166. The maximum atomic E-state index is 13.0. The van der Waals surface area contributed by atoms with Crippen molar-refractivity contribution < 1.29 is 30.0 Å². The third-order valence-electron chi connectivity index (χ3n) is 6.00. The first-order chi connectivity index (χ1) is 19.6. The Bertz CT molecular complexity index is 1410. The van der Waals surface area contributed by atoms with E-state index in [9.17, 15) is 19.8 Å². The number of rotatable bonds is 7. The number of aromatic hydroxyl groups is 1. The molecule has 1 atom stereocenters. The van der Waals surface area contributed by atoms with Crippen molar-refractivity contribution in [3.63, 3.8) is 0 Å². The lowest BCUT2D eigenvalue weighted by atomic mass is 9.98. The van der Waals surface area contributed by atoms with Crippen LogP contribution in [0.3, 0.4) is 0 Å². The molecule has 0 spiro atoms. The highest BCUT2D eigenvalue weighted by Crippen LogP contribution is 2.36. The number of aliphatic hydroxyl groups excluding tert-OH is 2. The second kappa shape index (κ2) is 16.0. The van der Waals surface area contributed by atoms with Gasteiger partial charge in [-0.15, -0.1) is 0 Å². The Morgan fingerprint density at radius 1 is 0.951 bits per heavy atom. The van der Waals surface area contributed by atoms with Crippen molar-refractivity contribution in [3.05, 3.63) is 82.9 Å². The molecule has 0 fully saturated rings. The highest BCUT2D eigenvalue weighted by molar-refractivity contribution is 6.70. The molecule has 1 unspecified atom stereocenters. The molecule has 11 nitrogen and oxygen atoms in total. The van der Waals surface area contributed by atoms with Crippen LogP contribution in [0.1, 0.15) is 40.0 Å². The molecule has 9 N–H and O–H groups in total. The minimum atomic E-state index is -1.05. The summed E-state index contributed by atoms with van der Waals surface area (Å²) in [5, 5.41) is 39.7. The van der Waals surface area contributed by atoms with Crippen LogP contribution < -0.4 is 16.9 Å². The maximum Gasteiger partial charge on any atom is 0.335 e. The zero-order valence-electron chi connectivity index (χ0n) is 23.3. The van der Waals surface area contributed by atoms with E-state index >= 15 is 0 Å². The van der Waals surface area contributed by atoms with Gasteiger partial charge < -0.3 is 31.9 Å². The van der Waals surface area contributed by atoms with Gasteiger partial charge in [0.1, 0.15) is 17.5 Å². The molecule has 0 saturated carbocycles. The molecule has 1 aliphatic heterocycles. The van der Waals surface area contributed by atoms with Crippen LogP contribution in [0, 0.1) is 13.8 Å². The van der Waals surface area contributed by atoms with Crippen LogP contribution in [-0.2, 0) is 4.79 Å². The number of anilines is 1. The van der Waals surface area contributed by atoms with Crippen molar-refractivity contribution >= 4 is 28.9 Å². The van der Waals surface area contributed by atoms with Crippen molar-refractivity contribution in [3.8, 4) is 16.9 Å². The van der Waals surface area contributed by atoms with E-state index in [1.807, 2.05) is 32.0 Å². The summed E-state index contributed by atoms with van der Waals surface area (Å²) in [6.45, 7) is 6.68. The Morgan fingerprint density at radius 2 is 1.59 bits per heavy atom. The Hall–Kier alpha value is -4.42.